The molecule has 2 aromatic carbocycles. The molecule has 1 heterocycles. The van der Waals surface area contributed by atoms with Crippen LogP contribution in [0.25, 0.3) is 11.3 Å². The Balaban J connectivity index is 1.91. The van der Waals surface area contributed by atoms with E-state index in [0.29, 0.717) is 17.8 Å². The SMILES string of the molecule is COc1ccc(Cn2ncc(F)c2-c2ccc([N+](=O)[O-])cc2)cc1. The van der Waals surface area contributed by atoms with Crippen LogP contribution in [0, 0.1) is 15.9 Å². The molecule has 0 aliphatic carbocycles. The van der Waals surface area contributed by atoms with Crippen LogP contribution in [0.5, 0.6) is 5.75 Å². The highest BCUT2D eigenvalue weighted by Crippen LogP contribution is 2.26. The van der Waals surface area contributed by atoms with Crippen LogP contribution in [0.2, 0.25) is 0 Å². The number of non-ortho nitro benzene ring substituents is 1. The molecule has 0 amide bonds. The molecule has 0 unspecified atom stereocenters. The Bertz CT molecular complexity index is 858. The lowest BCUT2D eigenvalue weighted by molar-refractivity contribution is -0.384. The average molecular weight is 327 g/mol. The number of nitro groups is 1. The fourth-order valence-electron chi connectivity index (χ4n) is 2.41. The van der Waals surface area contributed by atoms with Crippen molar-refractivity contribution in [2.75, 3.05) is 7.11 Å². The molecule has 1 aromatic heterocycles. The summed E-state index contributed by atoms with van der Waals surface area (Å²) < 4.78 is 20.8. The zero-order chi connectivity index (χ0) is 17.1. The molecule has 0 bridgehead atoms. The van der Waals surface area contributed by atoms with E-state index in [1.165, 1.54) is 28.9 Å². The molecule has 0 aliphatic rings. The largest absolute Gasteiger partial charge is 0.497 e. The Labute approximate surface area is 137 Å². The van der Waals surface area contributed by atoms with Crippen molar-refractivity contribution >= 4 is 5.69 Å². The van der Waals surface area contributed by atoms with E-state index in [4.69, 9.17) is 4.74 Å². The second-order valence-corrected chi connectivity index (χ2v) is 5.15. The van der Waals surface area contributed by atoms with Crippen molar-refractivity contribution in [1.29, 1.82) is 0 Å². The van der Waals surface area contributed by atoms with E-state index in [2.05, 4.69) is 5.10 Å². The number of ether oxygens (including phenoxy) is 1. The minimum Gasteiger partial charge on any atom is -0.497 e. The molecule has 0 atom stereocenters. The molecule has 0 radical (unpaired) electrons. The summed E-state index contributed by atoms with van der Waals surface area (Å²) in [6, 6.07) is 13.1. The van der Waals surface area contributed by atoms with Gasteiger partial charge in [0.1, 0.15) is 11.4 Å². The van der Waals surface area contributed by atoms with E-state index in [1.54, 1.807) is 7.11 Å². The number of hydrogen-bond donors (Lipinski definition) is 0. The summed E-state index contributed by atoms with van der Waals surface area (Å²) in [6.45, 7) is 0.375. The average Bonchev–Trinajstić information content (AvgIpc) is 2.96. The first-order valence-corrected chi connectivity index (χ1v) is 7.17. The molecule has 0 saturated heterocycles. The van der Waals surface area contributed by atoms with Gasteiger partial charge in [-0.15, -0.1) is 0 Å². The molecule has 3 rings (SSSR count). The first kappa shape index (κ1) is 15.7. The summed E-state index contributed by atoms with van der Waals surface area (Å²) in [7, 11) is 1.59. The lowest BCUT2D eigenvalue weighted by Crippen LogP contribution is -2.04. The smallest absolute Gasteiger partial charge is 0.269 e. The van der Waals surface area contributed by atoms with Gasteiger partial charge in [0.15, 0.2) is 5.82 Å². The number of aromatic nitrogens is 2. The number of benzene rings is 2. The molecule has 7 heteroatoms. The molecule has 0 aliphatic heterocycles. The van der Waals surface area contributed by atoms with Gasteiger partial charge in [-0.05, 0) is 29.8 Å². The molecule has 0 fully saturated rings. The van der Waals surface area contributed by atoms with Gasteiger partial charge < -0.3 is 4.74 Å². The van der Waals surface area contributed by atoms with Crippen LogP contribution in [0.3, 0.4) is 0 Å². The van der Waals surface area contributed by atoms with E-state index in [0.717, 1.165) is 17.5 Å². The second kappa shape index (κ2) is 6.49. The maximum Gasteiger partial charge on any atom is 0.269 e. The van der Waals surface area contributed by atoms with Crippen LogP contribution >= 0.6 is 0 Å². The van der Waals surface area contributed by atoms with Crippen LogP contribution in [0.15, 0.2) is 54.7 Å². The van der Waals surface area contributed by atoms with E-state index in [-0.39, 0.29) is 5.69 Å². The van der Waals surface area contributed by atoms with Gasteiger partial charge in [0.2, 0.25) is 0 Å². The lowest BCUT2D eigenvalue weighted by atomic mass is 10.1. The Kier molecular flexibility index (Phi) is 4.24. The van der Waals surface area contributed by atoms with Crippen LogP contribution in [-0.4, -0.2) is 21.8 Å². The summed E-state index contributed by atoms with van der Waals surface area (Å²) in [4.78, 5) is 10.2. The minimum atomic E-state index is -0.491. The van der Waals surface area contributed by atoms with Crippen LogP contribution in [-0.2, 0) is 6.54 Å². The van der Waals surface area contributed by atoms with Gasteiger partial charge >= 0.3 is 0 Å². The molecule has 6 nitrogen and oxygen atoms in total. The number of halogens is 1. The normalized spacial score (nSPS) is 10.6. The van der Waals surface area contributed by atoms with Gasteiger partial charge in [-0.1, -0.05) is 12.1 Å². The Morgan fingerprint density at radius 1 is 1.17 bits per heavy atom. The fraction of sp³-hybridized carbons (Fsp3) is 0.118. The van der Waals surface area contributed by atoms with Crippen molar-refractivity contribution in [1.82, 2.24) is 9.78 Å². The minimum absolute atomic E-state index is 0.0413. The summed E-state index contributed by atoms with van der Waals surface area (Å²) in [6.07, 6.45) is 1.14. The van der Waals surface area contributed by atoms with E-state index < -0.39 is 10.7 Å². The van der Waals surface area contributed by atoms with Gasteiger partial charge in [-0.3, -0.25) is 14.8 Å². The second-order valence-electron chi connectivity index (χ2n) is 5.15. The molecule has 122 valence electrons. The van der Waals surface area contributed by atoms with Crippen molar-refractivity contribution in [3.63, 3.8) is 0 Å². The van der Waals surface area contributed by atoms with Gasteiger partial charge in [-0.2, -0.15) is 5.10 Å². The number of nitrogens with zero attached hydrogens (tertiary/aromatic N) is 3. The monoisotopic (exact) mass is 327 g/mol. The number of hydrogen-bond acceptors (Lipinski definition) is 4. The standard InChI is InChI=1S/C17H14FN3O3/c1-24-15-8-2-12(3-9-15)11-20-17(16(18)10-19-20)13-4-6-14(7-5-13)21(22)23/h2-10H,11H2,1H3. The summed E-state index contributed by atoms with van der Waals surface area (Å²) in [5.41, 5.74) is 1.72. The molecular formula is C17H14FN3O3. The van der Waals surface area contributed by atoms with Crippen LogP contribution in [0.4, 0.5) is 10.1 Å². The van der Waals surface area contributed by atoms with Crippen molar-refractivity contribution in [2.45, 2.75) is 6.54 Å². The van der Waals surface area contributed by atoms with Crippen molar-refractivity contribution in [3.05, 3.63) is 76.2 Å². The highest BCUT2D eigenvalue weighted by molar-refractivity contribution is 5.62. The predicted molar refractivity (Wildman–Crippen MR) is 86.4 cm³/mol. The third kappa shape index (κ3) is 3.10. The van der Waals surface area contributed by atoms with Crippen LogP contribution < -0.4 is 4.74 Å². The first-order valence-electron chi connectivity index (χ1n) is 7.17. The topological polar surface area (TPSA) is 70.2 Å². The highest BCUT2D eigenvalue weighted by atomic mass is 19.1. The summed E-state index contributed by atoms with van der Waals surface area (Å²) in [5.74, 6) is 0.262. The summed E-state index contributed by atoms with van der Waals surface area (Å²) in [5, 5.41) is 14.8. The molecule has 24 heavy (non-hydrogen) atoms. The zero-order valence-electron chi connectivity index (χ0n) is 12.8. The summed E-state index contributed by atoms with van der Waals surface area (Å²) >= 11 is 0. The quantitative estimate of drug-likeness (QED) is 0.530. The van der Waals surface area contributed by atoms with Crippen LogP contribution in [0.1, 0.15) is 5.56 Å². The maximum atomic E-state index is 14.1. The maximum absolute atomic E-state index is 14.1. The Morgan fingerprint density at radius 3 is 2.42 bits per heavy atom. The molecule has 3 aromatic rings. The van der Waals surface area contributed by atoms with Crippen molar-refractivity contribution in [2.24, 2.45) is 0 Å². The van der Waals surface area contributed by atoms with E-state index in [9.17, 15) is 14.5 Å². The Hall–Kier alpha value is -3.22. The predicted octanol–water partition coefficient (Wildman–Crippen LogP) is 3.65. The Morgan fingerprint density at radius 2 is 1.83 bits per heavy atom. The highest BCUT2D eigenvalue weighted by Gasteiger charge is 2.15. The zero-order valence-corrected chi connectivity index (χ0v) is 12.8. The van der Waals surface area contributed by atoms with Crippen molar-refractivity contribution in [3.8, 4) is 17.0 Å². The van der Waals surface area contributed by atoms with E-state index in [1.807, 2.05) is 24.3 Å². The number of rotatable bonds is 5. The van der Waals surface area contributed by atoms with Gasteiger partial charge in [0.25, 0.3) is 5.69 Å². The molecule has 0 N–H and O–H groups in total. The lowest BCUT2D eigenvalue weighted by Gasteiger charge is -2.09. The third-order valence-electron chi connectivity index (χ3n) is 3.64. The molecule has 0 saturated carbocycles. The third-order valence-corrected chi connectivity index (χ3v) is 3.64. The fourth-order valence-corrected chi connectivity index (χ4v) is 2.41. The van der Waals surface area contributed by atoms with Gasteiger partial charge in [0, 0.05) is 17.7 Å². The van der Waals surface area contributed by atoms with E-state index >= 15 is 0 Å². The number of nitro benzene ring substituents is 1. The number of methoxy groups -OCH3 is 1. The molecule has 0 spiro atoms. The van der Waals surface area contributed by atoms with Gasteiger partial charge in [0.05, 0.1) is 24.8 Å². The van der Waals surface area contributed by atoms with Crippen molar-refractivity contribution < 1.29 is 14.1 Å². The molecular weight excluding hydrogens is 313 g/mol. The van der Waals surface area contributed by atoms with Gasteiger partial charge in [-0.25, -0.2) is 4.39 Å². The first-order chi connectivity index (χ1) is 11.6.